The van der Waals surface area contributed by atoms with Crippen molar-refractivity contribution in [1.82, 2.24) is 15.5 Å². The molecule has 1 aliphatic heterocycles. The predicted molar refractivity (Wildman–Crippen MR) is 128 cm³/mol. The number of aliphatic hydroxyl groups is 1. The zero-order chi connectivity index (χ0) is 21.6. The van der Waals surface area contributed by atoms with Crippen LogP contribution in [0.2, 0.25) is 0 Å². The van der Waals surface area contributed by atoms with E-state index in [0.29, 0.717) is 31.9 Å². The van der Waals surface area contributed by atoms with Crippen LogP contribution < -0.4 is 10.6 Å². The maximum Gasteiger partial charge on any atom is 0.391 e. The minimum Gasteiger partial charge on any atom is -0.390 e. The van der Waals surface area contributed by atoms with Gasteiger partial charge in [-0.25, -0.2) is 0 Å². The van der Waals surface area contributed by atoms with E-state index in [1.807, 2.05) is 13.0 Å². The lowest BCUT2D eigenvalue weighted by molar-refractivity contribution is -0.182. The second-order valence-corrected chi connectivity index (χ2v) is 8.36. The van der Waals surface area contributed by atoms with Crippen LogP contribution >= 0.6 is 24.0 Å². The van der Waals surface area contributed by atoms with E-state index < -0.39 is 18.2 Å². The maximum absolute atomic E-state index is 12.8. The molecule has 1 atom stereocenters. The number of rotatable bonds is 6. The Balaban J connectivity index is 0.00000341. The van der Waals surface area contributed by atoms with Crippen LogP contribution in [0.5, 0.6) is 0 Å². The molecule has 1 aromatic rings. The minimum atomic E-state index is -4.09. The second-order valence-electron chi connectivity index (χ2n) is 8.36. The van der Waals surface area contributed by atoms with Crippen LogP contribution in [0.15, 0.2) is 29.3 Å². The van der Waals surface area contributed by atoms with Gasteiger partial charge in [0.05, 0.1) is 18.6 Å². The lowest BCUT2D eigenvalue weighted by atomic mass is 9.85. The van der Waals surface area contributed by atoms with E-state index in [4.69, 9.17) is 0 Å². The Labute approximate surface area is 199 Å². The first-order valence-corrected chi connectivity index (χ1v) is 10.9. The number of guanidine groups is 1. The lowest BCUT2D eigenvalue weighted by Crippen LogP contribution is -2.46. The molecule has 1 unspecified atom stereocenters. The van der Waals surface area contributed by atoms with E-state index in [1.165, 1.54) is 11.1 Å². The molecule has 0 saturated heterocycles. The number of fused-ring (bicyclic) bond motifs is 1. The lowest BCUT2D eigenvalue weighted by Gasteiger charge is -2.31. The number of β-amino-alcohol motifs (C(OH)–C–C–N with tert-alkyl or cyclic N) is 1. The van der Waals surface area contributed by atoms with Gasteiger partial charge in [-0.2, -0.15) is 13.2 Å². The third kappa shape index (κ3) is 8.09. The van der Waals surface area contributed by atoms with Crippen molar-refractivity contribution >= 4 is 29.9 Å². The molecule has 3 rings (SSSR count). The van der Waals surface area contributed by atoms with E-state index in [2.05, 4.69) is 38.7 Å². The fourth-order valence-corrected chi connectivity index (χ4v) is 4.34. The fourth-order valence-electron chi connectivity index (χ4n) is 4.34. The molecule has 0 amide bonds. The third-order valence-corrected chi connectivity index (χ3v) is 6.01. The summed E-state index contributed by atoms with van der Waals surface area (Å²) in [7, 11) is 0. The van der Waals surface area contributed by atoms with E-state index in [0.717, 1.165) is 19.5 Å². The summed E-state index contributed by atoms with van der Waals surface area (Å²) in [5.41, 5.74) is 2.68. The Bertz CT molecular complexity index is 708. The van der Waals surface area contributed by atoms with Gasteiger partial charge in [-0.1, -0.05) is 24.3 Å². The topological polar surface area (TPSA) is 59.9 Å². The summed E-state index contributed by atoms with van der Waals surface area (Å²) in [4.78, 5) is 6.72. The van der Waals surface area contributed by atoms with Gasteiger partial charge < -0.3 is 15.7 Å². The molecule has 5 nitrogen and oxygen atoms in total. The first-order chi connectivity index (χ1) is 14.3. The summed E-state index contributed by atoms with van der Waals surface area (Å²) in [6.07, 6.45) is -2.44. The van der Waals surface area contributed by atoms with Crippen molar-refractivity contribution in [1.29, 1.82) is 0 Å². The average Bonchev–Trinajstić information content (AvgIpc) is 2.72. The maximum atomic E-state index is 12.8. The summed E-state index contributed by atoms with van der Waals surface area (Å²) in [5.74, 6) is -0.623. The molecule has 1 aliphatic carbocycles. The van der Waals surface area contributed by atoms with Crippen LogP contribution in [-0.4, -0.2) is 60.5 Å². The molecule has 176 valence electrons. The first-order valence-electron chi connectivity index (χ1n) is 10.9. The smallest absolute Gasteiger partial charge is 0.390 e. The molecule has 1 aromatic carbocycles. The fraction of sp³-hybridized carbons (Fsp3) is 0.682. The van der Waals surface area contributed by atoms with Crippen molar-refractivity contribution in [2.75, 3.05) is 26.2 Å². The second kappa shape index (κ2) is 12.2. The molecule has 0 radical (unpaired) electrons. The highest BCUT2D eigenvalue weighted by Gasteiger charge is 2.41. The predicted octanol–water partition coefficient (Wildman–Crippen LogP) is 3.70. The van der Waals surface area contributed by atoms with E-state index in [1.54, 1.807) is 0 Å². The van der Waals surface area contributed by atoms with Crippen molar-refractivity contribution in [3.63, 3.8) is 0 Å². The van der Waals surface area contributed by atoms with Crippen LogP contribution in [0.25, 0.3) is 0 Å². The van der Waals surface area contributed by atoms with Gasteiger partial charge in [0.1, 0.15) is 0 Å². The molecule has 3 N–H and O–H groups in total. The quantitative estimate of drug-likeness (QED) is 0.285. The number of aliphatic imine (C=N–C) groups is 1. The molecule has 1 fully saturated rings. The summed E-state index contributed by atoms with van der Waals surface area (Å²) in [5, 5.41) is 16.9. The van der Waals surface area contributed by atoms with Crippen LogP contribution in [0.3, 0.4) is 0 Å². The van der Waals surface area contributed by atoms with E-state index >= 15 is 0 Å². The summed E-state index contributed by atoms with van der Waals surface area (Å²) in [6.45, 7) is 5.15. The van der Waals surface area contributed by atoms with Crippen molar-refractivity contribution in [2.24, 2.45) is 10.9 Å². The van der Waals surface area contributed by atoms with Gasteiger partial charge in [-0.05, 0) is 50.2 Å². The van der Waals surface area contributed by atoms with Crippen LogP contribution in [0.4, 0.5) is 13.2 Å². The first kappa shape index (κ1) is 26.2. The monoisotopic (exact) mass is 554 g/mol. The molecule has 2 aliphatic rings. The standard InChI is InChI=1S/C22H33F3N4O.HI/c1-2-26-21(28-19-9-7-18(8-10-19)22(23,24)25)27-13-20(30)15-29-12-11-16-5-3-4-6-17(16)14-29;/h3-6,18-20,30H,2,7-15H2,1H3,(H2,26,27,28);1H. The number of alkyl halides is 3. The number of hydrogen-bond donors (Lipinski definition) is 3. The number of nitrogens with one attached hydrogen (secondary N) is 2. The van der Waals surface area contributed by atoms with E-state index in [9.17, 15) is 18.3 Å². The third-order valence-electron chi connectivity index (χ3n) is 6.01. The highest BCUT2D eigenvalue weighted by atomic mass is 127. The number of nitrogens with zero attached hydrogens (tertiary/aromatic N) is 2. The summed E-state index contributed by atoms with van der Waals surface area (Å²) in [6, 6.07) is 8.37. The van der Waals surface area contributed by atoms with Gasteiger partial charge in [-0.15, -0.1) is 24.0 Å². The van der Waals surface area contributed by atoms with Gasteiger partial charge in [0.25, 0.3) is 0 Å². The molecule has 1 heterocycles. The van der Waals surface area contributed by atoms with Gasteiger partial charge in [0, 0.05) is 32.2 Å². The van der Waals surface area contributed by atoms with Crippen LogP contribution in [0.1, 0.15) is 43.7 Å². The van der Waals surface area contributed by atoms with Gasteiger partial charge in [0.2, 0.25) is 0 Å². The number of benzene rings is 1. The molecule has 0 bridgehead atoms. The summed E-state index contributed by atoms with van der Waals surface area (Å²) >= 11 is 0. The molecule has 0 spiro atoms. The summed E-state index contributed by atoms with van der Waals surface area (Å²) < 4.78 is 38.5. The molecule has 0 aromatic heterocycles. The Morgan fingerprint density at radius 3 is 2.52 bits per heavy atom. The Kier molecular flexibility index (Phi) is 10.3. The van der Waals surface area contributed by atoms with Gasteiger partial charge in [-0.3, -0.25) is 9.89 Å². The Morgan fingerprint density at radius 1 is 1.19 bits per heavy atom. The zero-order valence-electron chi connectivity index (χ0n) is 18.0. The van der Waals surface area contributed by atoms with Gasteiger partial charge >= 0.3 is 6.18 Å². The van der Waals surface area contributed by atoms with Crippen molar-refractivity contribution < 1.29 is 18.3 Å². The average molecular weight is 554 g/mol. The number of hydrogen-bond acceptors (Lipinski definition) is 3. The van der Waals surface area contributed by atoms with Gasteiger partial charge in [0.15, 0.2) is 5.96 Å². The molecule has 9 heteroatoms. The molecule has 1 saturated carbocycles. The minimum absolute atomic E-state index is 0. The number of halogens is 4. The normalized spacial score (nSPS) is 23.5. The Morgan fingerprint density at radius 2 is 1.87 bits per heavy atom. The van der Waals surface area contributed by atoms with E-state index in [-0.39, 0.29) is 49.4 Å². The van der Waals surface area contributed by atoms with Crippen molar-refractivity contribution in [3.8, 4) is 0 Å². The largest absolute Gasteiger partial charge is 0.391 e. The van der Waals surface area contributed by atoms with Crippen LogP contribution in [-0.2, 0) is 13.0 Å². The zero-order valence-corrected chi connectivity index (χ0v) is 20.3. The molecular weight excluding hydrogens is 520 g/mol. The molecule has 31 heavy (non-hydrogen) atoms. The Hall–Kier alpha value is -1.07. The molecular formula is C22H34F3IN4O. The van der Waals surface area contributed by atoms with Crippen molar-refractivity contribution in [3.05, 3.63) is 35.4 Å². The number of aliphatic hydroxyl groups excluding tert-OH is 1. The highest BCUT2D eigenvalue weighted by Crippen LogP contribution is 2.37. The van der Waals surface area contributed by atoms with Crippen molar-refractivity contribution in [2.45, 2.75) is 63.9 Å². The highest BCUT2D eigenvalue weighted by molar-refractivity contribution is 14.0. The SMILES string of the molecule is CCNC(=NCC(O)CN1CCc2ccccc2C1)NC1CCC(C(F)(F)F)CC1.I. The van der Waals surface area contributed by atoms with Crippen LogP contribution in [0, 0.1) is 5.92 Å².